The molecule has 3 aromatic heterocycles. The Balaban J connectivity index is 1.35. The van der Waals surface area contributed by atoms with Crippen molar-refractivity contribution in [3.8, 4) is 17.1 Å². The van der Waals surface area contributed by atoms with Crippen LogP contribution in [0.2, 0.25) is 0 Å². The molecule has 0 aliphatic rings. The first-order valence-electron chi connectivity index (χ1n) is 15.3. The van der Waals surface area contributed by atoms with Crippen LogP contribution in [0.3, 0.4) is 0 Å². The summed E-state index contributed by atoms with van der Waals surface area (Å²) in [6.45, 7) is 0. The number of hydrogen-bond acceptors (Lipinski definition) is 1. The molecule has 10 aromatic rings. The van der Waals surface area contributed by atoms with Gasteiger partial charge in [0, 0.05) is 44.0 Å². The molecule has 210 valence electrons. The summed E-state index contributed by atoms with van der Waals surface area (Å²) in [5.41, 5.74) is 10.2. The van der Waals surface area contributed by atoms with Crippen LogP contribution < -0.4 is 0 Å². The van der Waals surface area contributed by atoms with Crippen molar-refractivity contribution in [2.75, 3.05) is 0 Å². The van der Waals surface area contributed by atoms with Crippen LogP contribution in [-0.2, 0) is 0 Å². The summed E-state index contributed by atoms with van der Waals surface area (Å²) in [6.07, 6.45) is 1.92. The van der Waals surface area contributed by atoms with Crippen molar-refractivity contribution in [3.63, 3.8) is 0 Å². The van der Waals surface area contributed by atoms with Gasteiger partial charge in [-0.2, -0.15) is 0 Å². The number of nitrogens with zero attached hydrogens (tertiary/aromatic N) is 4. The van der Waals surface area contributed by atoms with Crippen molar-refractivity contribution in [2.45, 2.75) is 0 Å². The van der Waals surface area contributed by atoms with Crippen molar-refractivity contribution in [1.29, 1.82) is 0 Å². The maximum Gasteiger partial charge on any atom is 0.100 e. The van der Waals surface area contributed by atoms with Gasteiger partial charge in [-0.25, -0.2) is 4.98 Å². The second-order valence-corrected chi connectivity index (χ2v) is 11.7. The van der Waals surface area contributed by atoms with Gasteiger partial charge < -0.3 is 9.13 Å². The Kier molecular flexibility index (Phi) is 4.96. The summed E-state index contributed by atoms with van der Waals surface area (Å²) >= 11 is 0. The Morgan fingerprint density at radius 1 is 0.400 bits per heavy atom. The maximum atomic E-state index is 4.86. The number of hydrogen-bond donors (Lipinski definition) is 0. The largest absolute Gasteiger partial charge is 0.309 e. The highest BCUT2D eigenvalue weighted by Crippen LogP contribution is 2.43. The van der Waals surface area contributed by atoms with Crippen LogP contribution in [0.4, 0.5) is 0 Å². The fourth-order valence-electron chi connectivity index (χ4n) is 7.38. The lowest BCUT2D eigenvalue weighted by atomic mass is 10.0. The van der Waals surface area contributed by atoms with Crippen molar-refractivity contribution < 1.29 is 0 Å². The van der Waals surface area contributed by atoms with Crippen LogP contribution in [0.5, 0.6) is 0 Å². The van der Waals surface area contributed by atoms with Crippen molar-refractivity contribution in [3.05, 3.63) is 158 Å². The standard InChI is InChI=1S/C41H26N4/c1-3-11-28(12-4-1)43-26-42-34-25-30(21-24-37(34)43)45-35-17-9-7-15-31(35)32-22-19-27-20-23-38-40(39(27)41(32)45)33-16-8-10-18-36(33)44(38)29-13-5-2-6-14-29/h1-26H. The van der Waals surface area contributed by atoms with E-state index in [-0.39, 0.29) is 0 Å². The second kappa shape index (κ2) is 9.18. The minimum Gasteiger partial charge on any atom is -0.309 e. The van der Waals surface area contributed by atoms with E-state index in [0.717, 1.165) is 28.1 Å². The molecule has 0 N–H and O–H groups in total. The lowest BCUT2D eigenvalue weighted by Crippen LogP contribution is -1.96. The molecule has 7 aromatic carbocycles. The van der Waals surface area contributed by atoms with E-state index < -0.39 is 0 Å². The molecule has 3 heterocycles. The average Bonchev–Trinajstić information content (AvgIpc) is 3.79. The summed E-state index contributed by atoms with van der Waals surface area (Å²) in [4.78, 5) is 4.86. The third-order valence-corrected chi connectivity index (χ3v) is 9.29. The fourth-order valence-corrected chi connectivity index (χ4v) is 7.38. The number of fused-ring (bicyclic) bond motifs is 10. The third kappa shape index (κ3) is 3.39. The minimum absolute atomic E-state index is 0.966. The van der Waals surface area contributed by atoms with Crippen molar-refractivity contribution in [2.24, 2.45) is 0 Å². The molecule has 45 heavy (non-hydrogen) atoms. The van der Waals surface area contributed by atoms with E-state index >= 15 is 0 Å². The summed E-state index contributed by atoms with van der Waals surface area (Å²) in [5, 5.41) is 7.51. The molecule has 0 aliphatic heterocycles. The maximum absolute atomic E-state index is 4.86. The number of benzene rings is 7. The molecule has 0 amide bonds. The van der Waals surface area contributed by atoms with Gasteiger partial charge in [0.25, 0.3) is 0 Å². The molecule has 0 fully saturated rings. The quantitative estimate of drug-likeness (QED) is 0.206. The smallest absolute Gasteiger partial charge is 0.100 e. The van der Waals surface area contributed by atoms with E-state index in [9.17, 15) is 0 Å². The molecular formula is C41H26N4. The Morgan fingerprint density at radius 2 is 1.04 bits per heavy atom. The molecule has 0 aliphatic carbocycles. The topological polar surface area (TPSA) is 27.7 Å². The zero-order valence-electron chi connectivity index (χ0n) is 24.3. The van der Waals surface area contributed by atoms with Crippen molar-refractivity contribution >= 4 is 65.4 Å². The molecule has 4 heteroatoms. The lowest BCUT2D eigenvalue weighted by molar-refractivity contribution is 1.09. The fraction of sp³-hybridized carbons (Fsp3) is 0. The van der Waals surface area contributed by atoms with Crippen LogP contribution in [0, 0.1) is 0 Å². The first-order chi connectivity index (χ1) is 22.3. The average molecular weight is 575 g/mol. The highest BCUT2D eigenvalue weighted by Gasteiger charge is 2.21. The zero-order valence-corrected chi connectivity index (χ0v) is 24.3. The van der Waals surface area contributed by atoms with Gasteiger partial charge in [0.2, 0.25) is 0 Å². The molecule has 0 atom stereocenters. The first kappa shape index (κ1) is 24.3. The predicted octanol–water partition coefficient (Wildman–Crippen LogP) is 10.4. The van der Waals surface area contributed by atoms with Gasteiger partial charge in [-0.15, -0.1) is 0 Å². The van der Waals surface area contributed by atoms with E-state index in [2.05, 4.69) is 159 Å². The molecule has 0 unspecified atom stereocenters. The van der Waals surface area contributed by atoms with Crippen LogP contribution in [0.15, 0.2) is 158 Å². The number of rotatable bonds is 3. The highest BCUT2D eigenvalue weighted by molar-refractivity contribution is 6.30. The molecule has 10 rings (SSSR count). The third-order valence-electron chi connectivity index (χ3n) is 9.29. The first-order valence-corrected chi connectivity index (χ1v) is 15.3. The Labute approximate surface area is 258 Å². The van der Waals surface area contributed by atoms with Crippen LogP contribution >= 0.6 is 0 Å². The van der Waals surface area contributed by atoms with Crippen LogP contribution in [0.1, 0.15) is 0 Å². The monoisotopic (exact) mass is 574 g/mol. The van der Waals surface area contributed by atoms with Gasteiger partial charge >= 0.3 is 0 Å². The van der Waals surface area contributed by atoms with Gasteiger partial charge in [0.15, 0.2) is 0 Å². The molecule has 4 nitrogen and oxygen atoms in total. The van der Waals surface area contributed by atoms with Gasteiger partial charge in [-0.1, -0.05) is 91.0 Å². The van der Waals surface area contributed by atoms with E-state index in [1.807, 2.05) is 12.4 Å². The molecule has 0 bridgehead atoms. The van der Waals surface area contributed by atoms with E-state index in [0.29, 0.717) is 0 Å². The summed E-state index contributed by atoms with van der Waals surface area (Å²) < 4.78 is 7.00. The molecule has 0 saturated carbocycles. The van der Waals surface area contributed by atoms with Crippen LogP contribution in [0.25, 0.3) is 82.5 Å². The molecule has 0 radical (unpaired) electrons. The summed E-state index contributed by atoms with van der Waals surface area (Å²) in [5.74, 6) is 0. The second-order valence-electron chi connectivity index (χ2n) is 11.7. The SMILES string of the molecule is c1ccc(-n2cnc3cc(-n4c5ccccc5c5ccc6ccc7c(c8ccccc8n7-c7ccccc7)c6c54)ccc32)cc1. The Morgan fingerprint density at radius 3 is 1.84 bits per heavy atom. The van der Waals surface area contributed by atoms with Gasteiger partial charge in [0.05, 0.1) is 33.1 Å². The summed E-state index contributed by atoms with van der Waals surface area (Å²) in [7, 11) is 0. The van der Waals surface area contributed by atoms with E-state index in [1.165, 1.54) is 54.4 Å². The predicted molar refractivity (Wildman–Crippen MR) is 187 cm³/mol. The Hall–Kier alpha value is -6.13. The summed E-state index contributed by atoms with van der Waals surface area (Å²) in [6, 6.07) is 54.5. The Bertz CT molecular complexity index is 2750. The van der Waals surface area contributed by atoms with Crippen molar-refractivity contribution in [1.82, 2.24) is 18.7 Å². The van der Waals surface area contributed by atoms with E-state index in [4.69, 9.17) is 4.98 Å². The lowest BCUT2D eigenvalue weighted by Gasteiger charge is -2.12. The van der Waals surface area contributed by atoms with Gasteiger partial charge in [0.1, 0.15) is 6.33 Å². The number of imidazole rings is 1. The van der Waals surface area contributed by atoms with Crippen LogP contribution in [-0.4, -0.2) is 18.7 Å². The molecule has 0 spiro atoms. The normalized spacial score (nSPS) is 12.0. The highest BCUT2D eigenvalue weighted by atomic mass is 15.1. The van der Waals surface area contributed by atoms with Gasteiger partial charge in [-0.3, -0.25) is 4.57 Å². The molecule has 0 saturated heterocycles. The van der Waals surface area contributed by atoms with E-state index in [1.54, 1.807) is 0 Å². The van der Waals surface area contributed by atoms with Gasteiger partial charge in [-0.05, 0) is 66.0 Å². The zero-order chi connectivity index (χ0) is 29.5. The number of para-hydroxylation sites is 4. The molecular weight excluding hydrogens is 548 g/mol. The number of aromatic nitrogens is 4. The minimum atomic E-state index is 0.966.